The molecule has 1 aromatic carbocycles. The zero-order valence-corrected chi connectivity index (χ0v) is 10.8. The van der Waals surface area contributed by atoms with E-state index in [1.807, 2.05) is 18.2 Å². The number of amides is 2. The Hall–Kier alpha value is -1.69. The molecule has 1 fully saturated rings. The lowest BCUT2D eigenvalue weighted by atomic mass is 10.3. The molecule has 0 aromatic heterocycles. The maximum Gasteiger partial charge on any atom is 0.329 e. The zero-order chi connectivity index (χ0) is 13.0. The normalized spacial score (nSPS) is 18.5. The molecule has 0 aliphatic carbocycles. The number of rotatable bonds is 2. The number of nitrogens with one attached hydrogen (secondary N) is 1. The molecular formula is C12H14N2O3S. The van der Waals surface area contributed by atoms with E-state index in [2.05, 4.69) is 5.32 Å². The van der Waals surface area contributed by atoms with Crippen molar-refractivity contribution in [3.05, 3.63) is 30.3 Å². The summed E-state index contributed by atoms with van der Waals surface area (Å²) in [5.74, 6) is 0.705. The highest BCUT2D eigenvalue weighted by Gasteiger charge is 2.35. The first-order valence-electron chi connectivity index (χ1n) is 5.50. The quantitative estimate of drug-likeness (QED) is 0.829. The van der Waals surface area contributed by atoms with Crippen molar-refractivity contribution in [2.75, 3.05) is 24.1 Å². The maximum atomic E-state index is 12.0. The lowest BCUT2D eigenvalue weighted by Crippen LogP contribution is -2.44. The van der Waals surface area contributed by atoms with Crippen LogP contribution in [0.4, 0.5) is 10.5 Å². The molecule has 1 aliphatic rings. The predicted molar refractivity (Wildman–Crippen MR) is 70.4 cm³/mol. The van der Waals surface area contributed by atoms with Crippen LogP contribution in [0.3, 0.4) is 0 Å². The third kappa shape index (κ3) is 2.76. The van der Waals surface area contributed by atoms with Crippen molar-refractivity contribution in [1.29, 1.82) is 0 Å². The number of esters is 1. The summed E-state index contributed by atoms with van der Waals surface area (Å²) in [6.45, 7) is 0. The average molecular weight is 266 g/mol. The van der Waals surface area contributed by atoms with Gasteiger partial charge in [-0.2, -0.15) is 0 Å². The minimum atomic E-state index is -0.497. The smallest absolute Gasteiger partial charge is 0.329 e. The number of methoxy groups -OCH3 is 1. The van der Waals surface area contributed by atoms with Crippen molar-refractivity contribution in [2.45, 2.75) is 6.04 Å². The highest BCUT2D eigenvalue weighted by atomic mass is 32.2. The van der Waals surface area contributed by atoms with Crippen LogP contribution in [0.15, 0.2) is 30.3 Å². The SMILES string of the molecule is COC(=O)[C@H]1CSCN1C(=O)Nc1ccccc1. The van der Waals surface area contributed by atoms with Gasteiger partial charge in [0.1, 0.15) is 6.04 Å². The number of carbonyl (C=O) groups is 2. The second-order valence-electron chi connectivity index (χ2n) is 3.80. The molecule has 0 saturated carbocycles. The van der Waals surface area contributed by atoms with Gasteiger partial charge in [-0.15, -0.1) is 11.8 Å². The van der Waals surface area contributed by atoms with Crippen LogP contribution in [0, 0.1) is 0 Å². The third-order valence-corrected chi connectivity index (χ3v) is 3.65. The Kier molecular flexibility index (Phi) is 4.09. The maximum absolute atomic E-state index is 12.0. The van der Waals surface area contributed by atoms with Crippen molar-refractivity contribution in [3.63, 3.8) is 0 Å². The second kappa shape index (κ2) is 5.77. The zero-order valence-electron chi connectivity index (χ0n) is 9.96. The first kappa shape index (κ1) is 12.8. The van der Waals surface area contributed by atoms with E-state index < -0.39 is 6.04 Å². The van der Waals surface area contributed by atoms with Crippen LogP contribution < -0.4 is 5.32 Å². The van der Waals surface area contributed by atoms with Crippen LogP contribution in [0.2, 0.25) is 0 Å². The first-order chi connectivity index (χ1) is 8.72. The molecular weight excluding hydrogens is 252 g/mol. The second-order valence-corrected chi connectivity index (χ2v) is 4.80. The molecule has 1 heterocycles. The van der Waals surface area contributed by atoms with Crippen LogP contribution in [-0.4, -0.2) is 41.7 Å². The van der Waals surface area contributed by atoms with E-state index >= 15 is 0 Å². The summed E-state index contributed by atoms with van der Waals surface area (Å²) in [5.41, 5.74) is 0.711. The van der Waals surface area contributed by atoms with Crippen LogP contribution in [0.5, 0.6) is 0 Å². The van der Waals surface area contributed by atoms with Gasteiger partial charge in [-0.3, -0.25) is 0 Å². The van der Waals surface area contributed by atoms with Gasteiger partial charge < -0.3 is 15.0 Å². The highest BCUT2D eigenvalue weighted by molar-refractivity contribution is 7.99. The standard InChI is InChI=1S/C12H14N2O3S/c1-17-11(15)10-7-18-8-14(10)12(16)13-9-5-3-2-4-6-9/h2-6,10H,7-8H2,1H3,(H,13,16)/t10-/m1/s1. The molecule has 1 N–H and O–H groups in total. The Morgan fingerprint density at radius 1 is 1.39 bits per heavy atom. The lowest BCUT2D eigenvalue weighted by molar-refractivity contribution is -0.144. The summed E-state index contributed by atoms with van der Waals surface area (Å²) in [7, 11) is 1.33. The number of carbonyl (C=O) groups excluding carboxylic acids is 2. The molecule has 0 bridgehead atoms. The van der Waals surface area contributed by atoms with Crippen LogP contribution in [0.1, 0.15) is 0 Å². The number of nitrogens with zero attached hydrogens (tertiary/aromatic N) is 1. The Balaban J connectivity index is 2.02. The summed E-state index contributed by atoms with van der Waals surface area (Å²) in [4.78, 5) is 25.1. The van der Waals surface area contributed by atoms with Crippen molar-refractivity contribution in [1.82, 2.24) is 4.90 Å². The van der Waals surface area contributed by atoms with Crippen LogP contribution in [-0.2, 0) is 9.53 Å². The van der Waals surface area contributed by atoms with E-state index in [4.69, 9.17) is 4.74 Å². The fraction of sp³-hybridized carbons (Fsp3) is 0.333. The Morgan fingerprint density at radius 2 is 2.11 bits per heavy atom. The number of thioether (sulfide) groups is 1. The number of benzene rings is 1. The third-order valence-electron chi connectivity index (χ3n) is 2.64. The summed E-state index contributed by atoms with van der Waals surface area (Å²) in [6, 6.07) is 8.38. The van der Waals surface area contributed by atoms with E-state index in [0.717, 1.165) is 0 Å². The molecule has 1 aromatic rings. The molecule has 0 unspecified atom stereocenters. The van der Waals surface area contributed by atoms with E-state index in [-0.39, 0.29) is 12.0 Å². The summed E-state index contributed by atoms with van der Waals surface area (Å²) in [6.07, 6.45) is 0. The average Bonchev–Trinajstić information content (AvgIpc) is 2.88. The van der Waals surface area contributed by atoms with Gasteiger partial charge in [0.15, 0.2) is 0 Å². The molecule has 1 aliphatic heterocycles. The predicted octanol–water partition coefficient (Wildman–Crippen LogP) is 1.77. The fourth-order valence-electron chi connectivity index (χ4n) is 1.69. The molecule has 0 spiro atoms. The lowest BCUT2D eigenvalue weighted by Gasteiger charge is -2.22. The molecule has 5 nitrogen and oxygen atoms in total. The van der Waals surface area contributed by atoms with Crippen molar-refractivity contribution < 1.29 is 14.3 Å². The minimum Gasteiger partial charge on any atom is -0.467 e. The molecule has 0 radical (unpaired) electrons. The molecule has 2 rings (SSSR count). The molecule has 6 heteroatoms. The number of hydrogen-bond acceptors (Lipinski definition) is 4. The Morgan fingerprint density at radius 3 is 2.78 bits per heavy atom. The number of para-hydroxylation sites is 1. The molecule has 2 amide bonds. The Labute approximate surface area is 109 Å². The van der Waals surface area contributed by atoms with Gasteiger partial charge in [0, 0.05) is 11.4 Å². The summed E-state index contributed by atoms with van der Waals surface area (Å²) < 4.78 is 4.69. The summed E-state index contributed by atoms with van der Waals surface area (Å²) >= 11 is 1.54. The van der Waals surface area contributed by atoms with Crippen molar-refractivity contribution in [3.8, 4) is 0 Å². The van der Waals surface area contributed by atoms with Crippen molar-refractivity contribution in [2.24, 2.45) is 0 Å². The topological polar surface area (TPSA) is 58.6 Å². The van der Waals surface area contributed by atoms with Crippen molar-refractivity contribution >= 4 is 29.4 Å². The molecule has 1 saturated heterocycles. The van der Waals surface area contributed by atoms with Gasteiger partial charge in [-0.1, -0.05) is 18.2 Å². The minimum absolute atomic E-state index is 0.276. The van der Waals surface area contributed by atoms with Crippen LogP contribution in [0.25, 0.3) is 0 Å². The van der Waals surface area contributed by atoms with Gasteiger partial charge in [-0.25, -0.2) is 9.59 Å². The van der Waals surface area contributed by atoms with Gasteiger partial charge in [0.2, 0.25) is 0 Å². The summed E-state index contributed by atoms with van der Waals surface area (Å²) in [5, 5.41) is 2.76. The van der Waals surface area contributed by atoms with Gasteiger partial charge >= 0.3 is 12.0 Å². The monoisotopic (exact) mass is 266 g/mol. The van der Waals surface area contributed by atoms with E-state index in [0.29, 0.717) is 17.3 Å². The van der Waals surface area contributed by atoms with E-state index in [1.165, 1.54) is 23.8 Å². The van der Waals surface area contributed by atoms with Gasteiger partial charge in [0.25, 0.3) is 0 Å². The van der Waals surface area contributed by atoms with E-state index in [9.17, 15) is 9.59 Å². The highest BCUT2D eigenvalue weighted by Crippen LogP contribution is 2.22. The first-order valence-corrected chi connectivity index (χ1v) is 6.66. The van der Waals surface area contributed by atoms with E-state index in [1.54, 1.807) is 12.1 Å². The number of urea groups is 1. The Bertz CT molecular complexity index is 438. The number of ether oxygens (including phenoxy) is 1. The number of anilines is 1. The largest absolute Gasteiger partial charge is 0.467 e. The molecule has 1 atom stereocenters. The fourth-order valence-corrected chi connectivity index (χ4v) is 2.83. The van der Waals surface area contributed by atoms with Crippen LogP contribution >= 0.6 is 11.8 Å². The van der Waals surface area contributed by atoms with Gasteiger partial charge in [-0.05, 0) is 12.1 Å². The molecule has 96 valence electrons. The number of hydrogen-bond donors (Lipinski definition) is 1. The molecule has 18 heavy (non-hydrogen) atoms. The van der Waals surface area contributed by atoms with Gasteiger partial charge in [0.05, 0.1) is 13.0 Å².